The zero-order valence-corrected chi connectivity index (χ0v) is 15.1. The van der Waals surface area contributed by atoms with E-state index in [4.69, 9.17) is 16.7 Å². The van der Waals surface area contributed by atoms with Crippen LogP contribution in [-0.2, 0) is 11.0 Å². The molecule has 6 nitrogen and oxygen atoms in total. The molecule has 0 saturated carbocycles. The molecule has 1 atom stereocenters. The number of allylic oxidation sites excluding steroid dienone is 1. The number of aromatic nitrogens is 1. The van der Waals surface area contributed by atoms with E-state index < -0.39 is 23.7 Å². The van der Waals surface area contributed by atoms with E-state index in [1.54, 1.807) is 13.8 Å². The van der Waals surface area contributed by atoms with Crippen LogP contribution < -0.4 is 16.0 Å². The van der Waals surface area contributed by atoms with Crippen molar-refractivity contribution in [2.75, 3.05) is 5.32 Å². The molecular formula is C17H15F3N4O2S. The second-order valence-electron chi connectivity index (χ2n) is 5.93. The van der Waals surface area contributed by atoms with Crippen LogP contribution in [0, 0.1) is 6.92 Å². The molecule has 0 spiro atoms. The van der Waals surface area contributed by atoms with Crippen molar-refractivity contribution in [2.24, 2.45) is 0 Å². The van der Waals surface area contributed by atoms with E-state index >= 15 is 0 Å². The number of amides is 1. The first-order valence-electron chi connectivity index (χ1n) is 7.86. The van der Waals surface area contributed by atoms with Gasteiger partial charge in [0.05, 0.1) is 17.2 Å². The molecule has 1 unspecified atom stereocenters. The zero-order chi connectivity index (χ0) is 19.8. The third-order valence-electron chi connectivity index (χ3n) is 3.96. The molecule has 3 rings (SSSR count). The van der Waals surface area contributed by atoms with Crippen molar-refractivity contribution in [3.63, 3.8) is 0 Å². The van der Waals surface area contributed by atoms with E-state index in [0.29, 0.717) is 11.5 Å². The van der Waals surface area contributed by atoms with Gasteiger partial charge in [-0.2, -0.15) is 13.2 Å². The predicted octanol–water partition coefficient (Wildman–Crippen LogP) is 3.43. The lowest BCUT2D eigenvalue weighted by Gasteiger charge is -2.31. The van der Waals surface area contributed by atoms with Crippen molar-refractivity contribution in [2.45, 2.75) is 26.1 Å². The first-order valence-corrected chi connectivity index (χ1v) is 8.26. The Morgan fingerprint density at radius 1 is 1.30 bits per heavy atom. The van der Waals surface area contributed by atoms with Crippen LogP contribution in [0.5, 0.6) is 0 Å². The third-order valence-corrected chi connectivity index (χ3v) is 4.18. The number of thiocarbonyl (C=S) groups is 1. The summed E-state index contributed by atoms with van der Waals surface area (Å²) >= 11 is 5.07. The number of carbonyl (C=O) groups is 1. The van der Waals surface area contributed by atoms with Gasteiger partial charge in [0.15, 0.2) is 10.9 Å². The highest BCUT2D eigenvalue weighted by Crippen LogP contribution is 2.38. The summed E-state index contributed by atoms with van der Waals surface area (Å²) in [5.74, 6) is 0.0233. The molecule has 3 N–H and O–H groups in total. The van der Waals surface area contributed by atoms with E-state index in [2.05, 4.69) is 21.1 Å². The number of nitrogens with zero attached hydrogens (tertiary/aromatic N) is 1. The monoisotopic (exact) mass is 396 g/mol. The number of carbonyl (C=O) groups excluding carboxylic acids is 1. The summed E-state index contributed by atoms with van der Waals surface area (Å²) in [6.07, 6.45) is -4.58. The van der Waals surface area contributed by atoms with Gasteiger partial charge in [-0.25, -0.2) is 0 Å². The van der Waals surface area contributed by atoms with E-state index in [9.17, 15) is 18.0 Å². The number of rotatable bonds is 3. The van der Waals surface area contributed by atoms with Crippen molar-refractivity contribution in [3.8, 4) is 0 Å². The average molecular weight is 396 g/mol. The van der Waals surface area contributed by atoms with Crippen LogP contribution in [0.15, 0.2) is 46.1 Å². The Balaban J connectivity index is 2.04. The first-order chi connectivity index (χ1) is 12.7. The molecule has 27 heavy (non-hydrogen) atoms. The summed E-state index contributed by atoms with van der Waals surface area (Å²) in [6.45, 7) is 3.22. The lowest BCUT2D eigenvalue weighted by molar-refractivity contribution is -0.138. The molecule has 10 heteroatoms. The normalized spacial score (nSPS) is 17.4. The minimum Gasteiger partial charge on any atom is -0.360 e. The summed E-state index contributed by atoms with van der Waals surface area (Å²) in [5, 5.41) is 11.9. The standard InChI is InChI=1S/C17H15F3N4O2S/c1-8-7-12(24-26-8)22-15(25)13-9(2)21-16(27)23-14(13)10-5-3-4-6-11(10)17(18,19)20/h3-7,14H,1-2H3,(H2,21,23,27)(H,22,24,25). The Hall–Kier alpha value is -2.88. The maximum Gasteiger partial charge on any atom is 0.416 e. The quantitative estimate of drug-likeness (QED) is 0.690. The van der Waals surface area contributed by atoms with Crippen LogP contribution >= 0.6 is 12.2 Å². The van der Waals surface area contributed by atoms with Gasteiger partial charge in [-0.3, -0.25) is 4.79 Å². The SMILES string of the molecule is CC1=C(C(=O)Nc2cc(C)on2)C(c2ccccc2C(F)(F)F)NC(=S)N1. The maximum absolute atomic E-state index is 13.5. The van der Waals surface area contributed by atoms with Crippen LogP contribution in [0.4, 0.5) is 19.0 Å². The van der Waals surface area contributed by atoms with Crippen LogP contribution in [-0.4, -0.2) is 16.2 Å². The number of halogens is 3. The number of hydrogen-bond acceptors (Lipinski definition) is 4. The Kier molecular flexibility index (Phi) is 4.92. The fourth-order valence-electron chi connectivity index (χ4n) is 2.84. The van der Waals surface area contributed by atoms with Gasteiger partial charge < -0.3 is 20.5 Å². The van der Waals surface area contributed by atoms with E-state index in [0.717, 1.165) is 6.07 Å². The van der Waals surface area contributed by atoms with Gasteiger partial charge in [-0.15, -0.1) is 0 Å². The Labute approximate surface area is 157 Å². The van der Waals surface area contributed by atoms with Crippen molar-refractivity contribution in [1.82, 2.24) is 15.8 Å². The highest BCUT2D eigenvalue weighted by Gasteiger charge is 2.39. The van der Waals surface area contributed by atoms with Gasteiger partial charge in [0.25, 0.3) is 5.91 Å². The second kappa shape index (κ2) is 7.03. The van der Waals surface area contributed by atoms with Gasteiger partial charge in [0.2, 0.25) is 0 Å². The molecule has 0 aliphatic carbocycles. The highest BCUT2D eigenvalue weighted by molar-refractivity contribution is 7.80. The van der Waals surface area contributed by atoms with Gasteiger partial charge in [-0.1, -0.05) is 23.4 Å². The highest BCUT2D eigenvalue weighted by atomic mass is 32.1. The number of anilines is 1. The van der Waals surface area contributed by atoms with Crippen molar-refractivity contribution >= 4 is 29.1 Å². The zero-order valence-electron chi connectivity index (χ0n) is 14.3. The average Bonchev–Trinajstić information content (AvgIpc) is 2.98. The number of hydrogen-bond donors (Lipinski definition) is 3. The van der Waals surface area contributed by atoms with Crippen LogP contribution in [0.2, 0.25) is 0 Å². The number of alkyl halides is 3. The molecule has 0 saturated heterocycles. The topological polar surface area (TPSA) is 79.2 Å². The van der Waals surface area contributed by atoms with Gasteiger partial charge >= 0.3 is 6.18 Å². The Morgan fingerprint density at radius 3 is 2.63 bits per heavy atom. The molecule has 1 aromatic carbocycles. The molecule has 1 aliphatic rings. The molecule has 2 aromatic rings. The molecule has 0 fully saturated rings. The maximum atomic E-state index is 13.5. The third kappa shape index (κ3) is 3.95. The first kappa shape index (κ1) is 18.9. The molecule has 1 amide bonds. The molecule has 2 heterocycles. The van der Waals surface area contributed by atoms with Gasteiger partial charge in [0, 0.05) is 11.8 Å². The summed E-state index contributed by atoms with van der Waals surface area (Å²) in [7, 11) is 0. The Morgan fingerprint density at radius 2 is 2.00 bits per heavy atom. The van der Waals surface area contributed by atoms with E-state index in [-0.39, 0.29) is 22.1 Å². The molecule has 0 bridgehead atoms. The minimum atomic E-state index is -4.58. The molecular weight excluding hydrogens is 381 g/mol. The van der Waals surface area contributed by atoms with Crippen LogP contribution in [0.1, 0.15) is 29.9 Å². The predicted molar refractivity (Wildman–Crippen MR) is 95.6 cm³/mol. The summed E-state index contributed by atoms with van der Waals surface area (Å²) in [6, 6.07) is 5.47. The van der Waals surface area contributed by atoms with Crippen molar-refractivity contribution in [1.29, 1.82) is 0 Å². The van der Waals surface area contributed by atoms with Crippen molar-refractivity contribution in [3.05, 3.63) is 58.5 Å². The second-order valence-corrected chi connectivity index (χ2v) is 6.34. The number of aryl methyl sites for hydroxylation is 1. The number of nitrogens with one attached hydrogen (secondary N) is 3. The molecule has 0 radical (unpaired) electrons. The summed E-state index contributed by atoms with van der Waals surface area (Å²) in [4.78, 5) is 12.8. The molecule has 1 aliphatic heterocycles. The van der Waals surface area contributed by atoms with Crippen LogP contribution in [0.3, 0.4) is 0 Å². The number of benzene rings is 1. The smallest absolute Gasteiger partial charge is 0.360 e. The van der Waals surface area contributed by atoms with E-state index in [1.807, 2.05) is 0 Å². The van der Waals surface area contributed by atoms with E-state index in [1.165, 1.54) is 24.3 Å². The Bertz CT molecular complexity index is 936. The van der Waals surface area contributed by atoms with Crippen LogP contribution in [0.25, 0.3) is 0 Å². The van der Waals surface area contributed by atoms with Gasteiger partial charge in [0.1, 0.15) is 5.76 Å². The fraction of sp³-hybridized carbons (Fsp3) is 0.235. The van der Waals surface area contributed by atoms with Gasteiger partial charge in [-0.05, 0) is 37.7 Å². The lowest BCUT2D eigenvalue weighted by atomic mass is 9.91. The van der Waals surface area contributed by atoms with Crippen molar-refractivity contribution < 1.29 is 22.5 Å². The molecule has 142 valence electrons. The fourth-order valence-corrected chi connectivity index (χ4v) is 3.11. The minimum absolute atomic E-state index is 0.0703. The summed E-state index contributed by atoms with van der Waals surface area (Å²) in [5.41, 5.74) is -0.531. The summed E-state index contributed by atoms with van der Waals surface area (Å²) < 4.78 is 45.3. The largest absolute Gasteiger partial charge is 0.416 e. The lowest BCUT2D eigenvalue weighted by Crippen LogP contribution is -2.46. The molecule has 1 aromatic heterocycles.